The number of hydrogen-bond donors (Lipinski definition) is 1. The first-order valence-electron chi connectivity index (χ1n) is 6.12. The van der Waals surface area contributed by atoms with Gasteiger partial charge in [0, 0.05) is 25.4 Å². The number of esters is 1. The van der Waals surface area contributed by atoms with Crippen molar-refractivity contribution in [2.45, 2.75) is 37.9 Å². The van der Waals surface area contributed by atoms with Gasteiger partial charge in [-0.05, 0) is 43.4 Å². The molecule has 0 saturated heterocycles. The van der Waals surface area contributed by atoms with Crippen LogP contribution in [0.1, 0.15) is 25.7 Å². The summed E-state index contributed by atoms with van der Waals surface area (Å²) in [4.78, 5) is 11.2. The van der Waals surface area contributed by atoms with Crippen LogP contribution < -0.4 is 0 Å². The largest absolute Gasteiger partial charge is 0.486 e. The van der Waals surface area contributed by atoms with E-state index in [1.165, 1.54) is 0 Å². The van der Waals surface area contributed by atoms with Gasteiger partial charge < -0.3 is 15.9 Å². The summed E-state index contributed by atoms with van der Waals surface area (Å²) in [6.07, 6.45) is 6.28. The van der Waals surface area contributed by atoms with Crippen LogP contribution in [0.2, 0.25) is 0 Å². The molecule has 1 N–H and O–H groups in total. The molecule has 0 amide bonds. The number of aliphatic hydroxyl groups is 1. The van der Waals surface area contributed by atoms with E-state index in [1.54, 1.807) is 0 Å². The fourth-order valence-corrected chi connectivity index (χ4v) is 4.35. The van der Waals surface area contributed by atoms with Gasteiger partial charge in [-0.2, -0.15) is 0 Å². The second-order valence-electron chi connectivity index (χ2n) is 5.40. The number of ether oxygens (including phenoxy) is 1. The molecule has 0 heterocycles. The van der Waals surface area contributed by atoms with Gasteiger partial charge in [0.05, 0.1) is 6.10 Å². The van der Waals surface area contributed by atoms with E-state index in [4.69, 9.17) is 4.74 Å². The summed E-state index contributed by atoms with van der Waals surface area (Å²) < 4.78 is 5.37. The monoisotopic (exact) mass is 324 g/mol. The van der Waals surface area contributed by atoms with E-state index in [1.807, 2.05) is 0 Å². The summed E-state index contributed by atoms with van der Waals surface area (Å²) in [5, 5.41) is 9.85. The normalized spacial score (nSPS) is 46.2. The maximum atomic E-state index is 11.2. The summed E-state index contributed by atoms with van der Waals surface area (Å²) in [7, 11) is 0. The molecule has 3 aliphatic carbocycles. The second-order valence-corrected chi connectivity index (χ2v) is 5.40. The zero-order chi connectivity index (χ0) is 11.3. The maximum Gasteiger partial charge on any atom is 0.147 e. The SMILES string of the molecule is C=[C-]C(=O)OC1CCC2C3CC(CC3O)C12.[Rh]. The summed E-state index contributed by atoms with van der Waals surface area (Å²) in [5.41, 5.74) is 0. The predicted octanol–water partition coefficient (Wildman–Crippen LogP) is 1.31. The van der Waals surface area contributed by atoms with Crippen LogP contribution in [0.3, 0.4) is 0 Å². The maximum absolute atomic E-state index is 11.2. The van der Waals surface area contributed by atoms with Crippen LogP contribution in [-0.4, -0.2) is 23.3 Å². The van der Waals surface area contributed by atoms with Crippen LogP contribution in [0.25, 0.3) is 0 Å². The fraction of sp³-hybridized carbons (Fsp3) is 0.769. The molecule has 0 spiro atoms. The minimum absolute atomic E-state index is 0. The molecule has 3 saturated carbocycles. The molecule has 3 nitrogen and oxygen atoms in total. The van der Waals surface area contributed by atoms with Crippen LogP contribution in [0.15, 0.2) is 6.58 Å². The summed E-state index contributed by atoms with van der Waals surface area (Å²) >= 11 is 0. The molecule has 3 fully saturated rings. The van der Waals surface area contributed by atoms with Gasteiger partial charge in [0.25, 0.3) is 0 Å². The third-order valence-electron chi connectivity index (χ3n) is 4.82. The van der Waals surface area contributed by atoms with Gasteiger partial charge in [-0.15, -0.1) is 0 Å². The van der Waals surface area contributed by atoms with Crippen LogP contribution in [0.5, 0.6) is 0 Å². The number of rotatable bonds is 2. The molecule has 3 rings (SSSR count). The number of fused-ring (bicyclic) bond motifs is 5. The van der Waals surface area contributed by atoms with Crippen molar-refractivity contribution in [3.8, 4) is 0 Å². The molecule has 0 aromatic heterocycles. The Balaban J connectivity index is 0.00000108. The van der Waals surface area contributed by atoms with Gasteiger partial charge in [-0.3, -0.25) is 11.4 Å². The Morgan fingerprint density at radius 1 is 1.29 bits per heavy atom. The van der Waals surface area contributed by atoms with E-state index in [0.717, 1.165) is 25.7 Å². The van der Waals surface area contributed by atoms with E-state index < -0.39 is 5.97 Å². The Morgan fingerprint density at radius 2 is 2.06 bits per heavy atom. The third kappa shape index (κ3) is 2.00. The summed E-state index contributed by atoms with van der Waals surface area (Å²) in [6.45, 7) is 3.31. The van der Waals surface area contributed by atoms with Crippen molar-refractivity contribution in [3.63, 3.8) is 0 Å². The Bertz CT molecular complexity index is 331. The summed E-state index contributed by atoms with van der Waals surface area (Å²) in [6, 6.07) is 0. The number of carbonyl (C=O) groups is 1. The van der Waals surface area contributed by atoms with Crippen molar-refractivity contribution in [2.75, 3.05) is 0 Å². The predicted molar refractivity (Wildman–Crippen MR) is 57.2 cm³/mol. The molecule has 6 atom stereocenters. The van der Waals surface area contributed by atoms with Crippen molar-refractivity contribution in [2.24, 2.45) is 23.7 Å². The van der Waals surface area contributed by atoms with Crippen molar-refractivity contribution < 1.29 is 34.1 Å². The van der Waals surface area contributed by atoms with E-state index in [-0.39, 0.29) is 31.7 Å². The second kappa shape index (κ2) is 4.81. The molecule has 4 heteroatoms. The van der Waals surface area contributed by atoms with Crippen molar-refractivity contribution in [1.29, 1.82) is 0 Å². The minimum Gasteiger partial charge on any atom is -0.486 e. The Hall–Kier alpha value is -0.207. The average Bonchev–Trinajstić information content (AvgIpc) is 2.89. The molecule has 1 radical (unpaired) electrons. The van der Waals surface area contributed by atoms with Gasteiger partial charge in [-0.25, -0.2) is 0 Å². The van der Waals surface area contributed by atoms with E-state index in [2.05, 4.69) is 12.7 Å². The Kier molecular flexibility index (Phi) is 3.75. The molecular weight excluding hydrogens is 307 g/mol. The van der Waals surface area contributed by atoms with Gasteiger partial charge >= 0.3 is 0 Å². The Morgan fingerprint density at radius 3 is 2.76 bits per heavy atom. The molecule has 0 aromatic carbocycles. The van der Waals surface area contributed by atoms with Crippen LogP contribution in [0, 0.1) is 29.7 Å². The van der Waals surface area contributed by atoms with Gasteiger partial charge in [-0.1, -0.05) is 0 Å². The molecule has 17 heavy (non-hydrogen) atoms. The molecule has 97 valence electrons. The minimum atomic E-state index is -0.422. The molecule has 6 unspecified atom stereocenters. The van der Waals surface area contributed by atoms with Gasteiger partial charge in [0.1, 0.15) is 12.1 Å². The first-order valence-corrected chi connectivity index (χ1v) is 6.12. The molecule has 0 aromatic rings. The van der Waals surface area contributed by atoms with Crippen LogP contribution in [0.4, 0.5) is 0 Å². The molecule has 2 bridgehead atoms. The standard InChI is InChI=1S/C13H17O3.Rh/c1-2-12(15)16-11-4-3-8-9-5-7(13(8)11)6-10(9)14;/h7-11,13-14H,1,3-6H2;/q-1;. The van der Waals surface area contributed by atoms with E-state index in [9.17, 15) is 9.90 Å². The van der Waals surface area contributed by atoms with Crippen LogP contribution in [-0.2, 0) is 29.0 Å². The van der Waals surface area contributed by atoms with Crippen molar-refractivity contribution in [3.05, 3.63) is 12.7 Å². The topological polar surface area (TPSA) is 46.5 Å². The Labute approximate surface area is 114 Å². The molecule has 3 aliphatic rings. The number of aliphatic hydroxyl groups excluding tert-OH is 1. The van der Waals surface area contributed by atoms with Crippen molar-refractivity contribution in [1.82, 2.24) is 0 Å². The molecular formula is C13H17O3Rh-. The smallest absolute Gasteiger partial charge is 0.147 e. The zero-order valence-corrected chi connectivity index (χ0v) is 11.2. The zero-order valence-electron chi connectivity index (χ0n) is 9.60. The average molecular weight is 324 g/mol. The number of carbonyl (C=O) groups excluding carboxylic acids is 1. The third-order valence-corrected chi connectivity index (χ3v) is 4.82. The fourth-order valence-electron chi connectivity index (χ4n) is 4.35. The van der Waals surface area contributed by atoms with Gasteiger partial charge in [0.2, 0.25) is 0 Å². The molecule has 0 aliphatic heterocycles. The summed E-state index contributed by atoms with van der Waals surface area (Å²) in [5.74, 6) is 1.68. The quantitative estimate of drug-likeness (QED) is 0.361. The number of hydrogen-bond acceptors (Lipinski definition) is 3. The first kappa shape index (κ1) is 13.2. The van der Waals surface area contributed by atoms with Gasteiger partial charge in [0.15, 0.2) is 0 Å². The van der Waals surface area contributed by atoms with Crippen molar-refractivity contribution >= 4 is 5.97 Å². The first-order chi connectivity index (χ1) is 7.70. The van der Waals surface area contributed by atoms with Crippen LogP contribution >= 0.6 is 0 Å². The van der Waals surface area contributed by atoms with E-state index >= 15 is 0 Å². The van der Waals surface area contributed by atoms with E-state index in [0.29, 0.717) is 23.7 Å².